The highest BCUT2D eigenvalue weighted by Crippen LogP contribution is 2.31. The van der Waals surface area contributed by atoms with Crippen LogP contribution in [0, 0.1) is 0 Å². The average Bonchev–Trinajstić information content (AvgIpc) is 2.61. The van der Waals surface area contributed by atoms with E-state index in [1.165, 1.54) is 31.3 Å². The van der Waals surface area contributed by atoms with E-state index in [1.807, 2.05) is 0 Å². The molecule has 8 heteroatoms. The number of carbonyl (C=O) groups excluding carboxylic acids is 3. The van der Waals surface area contributed by atoms with Gasteiger partial charge >= 0.3 is 5.97 Å². The number of benzene rings is 1. The smallest absolute Gasteiger partial charge is 0.331 e. The highest BCUT2D eigenvalue weighted by molar-refractivity contribution is 5.90. The third-order valence-electron chi connectivity index (χ3n) is 3.11. The van der Waals surface area contributed by atoms with E-state index in [1.54, 1.807) is 32.3 Å². The second kappa shape index (κ2) is 9.96. The quantitative estimate of drug-likeness (QED) is 0.541. The van der Waals surface area contributed by atoms with Crippen molar-refractivity contribution in [3.63, 3.8) is 0 Å². The fraction of sp³-hybridized carbons (Fsp3) is 0.353. The molecule has 136 valence electrons. The predicted molar refractivity (Wildman–Crippen MR) is 91.2 cm³/mol. The Bertz CT molecular complexity index is 655. The molecule has 0 saturated carbocycles. The lowest BCUT2D eigenvalue weighted by atomic mass is 10.1. The summed E-state index contributed by atoms with van der Waals surface area (Å²) in [6.45, 7) is -0.626. The molecule has 1 aromatic carbocycles. The monoisotopic (exact) mass is 350 g/mol. The molecule has 0 unspecified atom stereocenters. The van der Waals surface area contributed by atoms with Crippen molar-refractivity contribution in [3.8, 4) is 11.5 Å². The maximum absolute atomic E-state index is 11.7. The lowest BCUT2D eigenvalue weighted by molar-refractivity contribution is -0.144. The van der Waals surface area contributed by atoms with Crippen LogP contribution in [0.5, 0.6) is 11.5 Å². The summed E-state index contributed by atoms with van der Waals surface area (Å²) in [4.78, 5) is 35.9. The van der Waals surface area contributed by atoms with E-state index in [0.29, 0.717) is 17.1 Å². The summed E-state index contributed by atoms with van der Waals surface area (Å²) in [5.74, 6) is -0.503. The molecule has 0 heterocycles. The summed E-state index contributed by atoms with van der Waals surface area (Å²) in [5, 5.41) is 2.36. The molecule has 1 N–H and O–H groups in total. The summed E-state index contributed by atoms with van der Waals surface area (Å²) >= 11 is 0. The van der Waals surface area contributed by atoms with Gasteiger partial charge in [-0.3, -0.25) is 9.59 Å². The molecule has 0 spiro atoms. The molecule has 0 bridgehead atoms. The zero-order valence-electron chi connectivity index (χ0n) is 14.7. The Balaban J connectivity index is 2.53. The van der Waals surface area contributed by atoms with Crippen LogP contribution >= 0.6 is 0 Å². The number of carbonyl (C=O) groups is 3. The van der Waals surface area contributed by atoms with Gasteiger partial charge in [0.15, 0.2) is 18.1 Å². The third-order valence-corrected chi connectivity index (χ3v) is 3.11. The number of nitrogens with zero attached hydrogens (tertiary/aromatic N) is 1. The van der Waals surface area contributed by atoms with Gasteiger partial charge in [0.2, 0.25) is 5.91 Å². The lowest BCUT2D eigenvalue weighted by Crippen LogP contribution is -2.38. The zero-order chi connectivity index (χ0) is 18.8. The average molecular weight is 350 g/mol. The second-order valence-electron chi connectivity index (χ2n) is 5.09. The highest BCUT2D eigenvalue weighted by atomic mass is 16.5. The van der Waals surface area contributed by atoms with Gasteiger partial charge in [0.1, 0.15) is 0 Å². The standard InChI is InChI=1S/C17H22N2O6/c1-19(2)15(21)10-18-14(20)11-25-16(22)9-8-12-6-5-7-13(23-3)17(12)24-4/h5-9H,10-11H2,1-4H3,(H,18,20)/b9-8+. The van der Waals surface area contributed by atoms with Crippen LogP contribution in [0.1, 0.15) is 5.56 Å². The Morgan fingerprint density at radius 2 is 1.88 bits per heavy atom. The van der Waals surface area contributed by atoms with E-state index < -0.39 is 18.5 Å². The van der Waals surface area contributed by atoms with Crippen molar-refractivity contribution >= 4 is 23.9 Å². The number of methoxy groups -OCH3 is 2. The Kier molecular flexibility index (Phi) is 7.98. The highest BCUT2D eigenvalue weighted by Gasteiger charge is 2.10. The van der Waals surface area contributed by atoms with E-state index >= 15 is 0 Å². The van der Waals surface area contributed by atoms with Crippen LogP contribution in [-0.2, 0) is 19.1 Å². The maximum Gasteiger partial charge on any atom is 0.331 e. The van der Waals surface area contributed by atoms with E-state index in [-0.39, 0.29) is 12.5 Å². The van der Waals surface area contributed by atoms with Crippen molar-refractivity contribution in [2.75, 3.05) is 41.5 Å². The molecule has 0 aromatic heterocycles. The SMILES string of the molecule is COc1cccc(/C=C/C(=O)OCC(=O)NCC(=O)N(C)C)c1OC. The van der Waals surface area contributed by atoms with Gasteiger partial charge in [-0.15, -0.1) is 0 Å². The first-order chi connectivity index (χ1) is 11.9. The lowest BCUT2D eigenvalue weighted by Gasteiger charge is -2.11. The molecule has 1 rings (SSSR count). The molecular weight excluding hydrogens is 328 g/mol. The molecule has 0 aliphatic rings. The number of likely N-dealkylation sites (N-methyl/N-ethyl adjacent to an activating group) is 1. The van der Waals surface area contributed by atoms with Crippen molar-refractivity contribution in [1.29, 1.82) is 0 Å². The number of hydrogen-bond donors (Lipinski definition) is 1. The fourth-order valence-corrected chi connectivity index (χ4v) is 1.77. The first-order valence-electron chi connectivity index (χ1n) is 7.41. The van der Waals surface area contributed by atoms with E-state index in [0.717, 1.165) is 0 Å². The molecule has 0 saturated heterocycles. The van der Waals surface area contributed by atoms with Crippen LogP contribution in [0.2, 0.25) is 0 Å². The van der Waals surface area contributed by atoms with Crippen molar-refractivity contribution in [3.05, 3.63) is 29.8 Å². The van der Waals surface area contributed by atoms with Crippen LogP contribution in [0.4, 0.5) is 0 Å². The minimum Gasteiger partial charge on any atom is -0.493 e. The summed E-state index contributed by atoms with van der Waals surface area (Å²) in [5.41, 5.74) is 0.625. The molecule has 0 aliphatic heterocycles. The molecule has 0 aliphatic carbocycles. The molecule has 8 nitrogen and oxygen atoms in total. The Morgan fingerprint density at radius 3 is 2.48 bits per heavy atom. The van der Waals surface area contributed by atoms with Crippen molar-refractivity contribution in [1.82, 2.24) is 10.2 Å². The molecule has 0 radical (unpaired) electrons. The van der Waals surface area contributed by atoms with Gasteiger partial charge in [0, 0.05) is 25.7 Å². The van der Waals surface area contributed by atoms with Crippen LogP contribution in [-0.4, -0.2) is 64.2 Å². The normalized spacial score (nSPS) is 10.2. The van der Waals surface area contributed by atoms with Crippen LogP contribution in [0.3, 0.4) is 0 Å². The van der Waals surface area contributed by atoms with Crippen molar-refractivity contribution < 1.29 is 28.6 Å². The van der Waals surface area contributed by atoms with Crippen molar-refractivity contribution in [2.24, 2.45) is 0 Å². The van der Waals surface area contributed by atoms with Gasteiger partial charge in [0.05, 0.1) is 20.8 Å². The minimum absolute atomic E-state index is 0.153. The third kappa shape index (κ3) is 6.54. The van der Waals surface area contributed by atoms with Gasteiger partial charge in [-0.2, -0.15) is 0 Å². The van der Waals surface area contributed by atoms with Gasteiger partial charge in [0.25, 0.3) is 5.91 Å². The number of ether oxygens (including phenoxy) is 3. The summed E-state index contributed by atoms with van der Waals surface area (Å²) in [7, 11) is 6.16. The molecule has 25 heavy (non-hydrogen) atoms. The summed E-state index contributed by atoms with van der Waals surface area (Å²) in [6, 6.07) is 5.22. The molecule has 2 amide bonds. The van der Waals surface area contributed by atoms with E-state index in [2.05, 4.69) is 5.32 Å². The Hall–Kier alpha value is -3.03. The number of esters is 1. The Labute approximate surface area is 146 Å². The summed E-state index contributed by atoms with van der Waals surface area (Å²) in [6.07, 6.45) is 2.67. The maximum atomic E-state index is 11.7. The van der Waals surface area contributed by atoms with Crippen molar-refractivity contribution in [2.45, 2.75) is 0 Å². The minimum atomic E-state index is -0.695. The topological polar surface area (TPSA) is 94.2 Å². The fourth-order valence-electron chi connectivity index (χ4n) is 1.77. The molecule has 0 fully saturated rings. The summed E-state index contributed by atoms with van der Waals surface area (Å²) < 4.78 is 15.2. The number of nitrogens with one attached hydrogen (secondary N) is 1. The van der Waals surface area contributed by atoms with Crippen LogP contribution in [0.15, 0.2) is 24.3 Å². The molecule has 0 atom stereocenters. The van der Waals surface area contributed by atoms with Gasteiger partial charge in [-0.1, -0.05) is 12.1 Å². The number of amides is 2. The Morgan fingerprint density at radius 1 is 1.16 bits per heavy atom. The first kappa shape index (κ1) is 20.0. The van der Waals surface area contributed by atoms with Gasteiger partial charge in [-0.25, -0.2) is 4.79 Å². The molecule has 1 aromatic rings. The number of para-hydroxylation sites is 1. The van der Waals surface area contributed by atoms with Gasteiger partial charge < -0.3 is 24.4 Å². The zero-order valence-corrected chi connectivity index (χ0v) is 14.7. The van der Waals surface area contributed by atoms with E-state index in [4.69, 9.17) is 14.2 Å². The largest absolute Gasteiger partial charge is 0.493 e. The molecular formula is C17H22N2O6. The van der Waals surface area contributed by atoms with Crippen LogP contribution < -0.4 is 14.8 Å². The second-order valence-corrected chi connectivity index (χ2v) is 5.09. The number of hydrogen-bond acceptors (Lipinski definition) is 6. The predicted octanol–water partition coefficient (Wildman–Crippen LogP) is 0.465. The number of rotatable bonds is 8. The first-order valence-corrected chi connectivity index (χ1v) is 7.41. The van der Waals surface area contributed by atoms with Crippen LogP contribution in [0.25, 0.3) is 6.08 Å². The van der Waals surface area contributed by atoms with Gasteiger partial charge in [-0.05, 0) is 12.1 Å². The van der Waals surface area contributed by atoms with E-state index in [9.17, 15) is 14.4 Å².